The largest absolute Gasteiger partial charge is 0.310 e. The number of benzene rings is 8. The molecule has 0 atom stereocenters. The van der Waals surface area contributed by atoms with E-state index in [0.29, 0.717) is 0 Å². The van der Waals surface area contributed by atoms with E-state index in [1.54, 1.807) is 0 Å². The quantitative estimate of drug-likeness (QED) is 0.175. The van der Waals surface area contributed by atoms with Crippen molar-refractivity contribution in [1.29, 1.82) is 0 Å². The van der Waals surface area contributed by atoms with Crippen LogP contribution in [-0.2, 0) is 5.41 Å². The van der Waals surface area contributed by atoms with Crippen LogP contribution >= 0.6 is 0 Å². The molecule has 0 amide bonds. The normalized spacial score (nSPS) is 12.8. The molecular weight excluding hydrogens is 603 g/mol. The first-order valence-corrected chi connectivity index (χ1v) is 17.4. The molecular formula is C49H37N. The molecule has 8 aromatic carbocycles. The van der Waals surface area contributed by atoms with Gasteiger partial charge in [0.1, 0.15) is 0 Å². The molecule has 0 unspecified atom stereocenters. The van der Waals surface area contributed by atoms with Crippen molar-refractivity contribution in [2.75, 3.05) is 4.90 Å². The van der Waals surface area contributed by atoms with Gasteiger partial charge in [-0.05, 0) is 109 Å². The van der Waals surface area contributed by atoms with Crippen LogP contribution in [0.5, 0.6) is 0 Å². The number of fused-ring (bicyclic) bond motifs is 4. The van der Waals surface area contributed by atoms with E-state index in [-0.39, 0.29) is 5.41 Å². The Morgan fingerprint density at radius 1 is 0.340 bits per heavy atom. The second kappa shape index (κ2) is 12.1. The molecule has 238 valence electrons. The molecule has 0 aromatic heterocycles. The molecule has 0 spiro atoms. The van der Waals surface area contributed by atoms with Crippen LogP contribution in [0, 0.1) is 0 Å². The summed E-state index contributed by atoms with van der Waals surface area (Å²) in [5, 5.41) is 2.44. The second-order valence-electron chi connectivity index (χ2n) is 13.8. The Morgan fingerprint density at radius 2 is 0.880 bits per heavy atom. The van der Waals surface area contributed by atoms with Crippen molar-refractivity contribution in [2.45, 2.75) is 19.3 Å². The predicted octanol–water partition coefficient (Wildman–Crippen LogP) is 13.6. The molecule has 0 saturated carbocycles. The molecule has 8 aromatic rings. The molecule has 1 heteroatoms. The predicted molar refractivity (Wildman–Crippen MR) is 213 cm³/mol. The Bertz CT molecular complexity index is 2490. The van der Waals surface area contributed by atoms with Crippen LogP contribution in [0.4, 0.5) is 17.1 Å². The van der Waals surface area contributed by atoms with Gasteiger partial charge in [0.25, 0.3) is 0 Å². The van der Waals surface area contributed by atoms with E-state index < -0.39 is 0 Å². The molecule has 1 aliphatic carbocycles. The maximum Gasteiger partial charge on any atom is 0.0474 e. The van der Waals surface area contributed by atoms with Crippen molar-refractivity contribution in [3.63, 3.8) is 0 Å². The van der Waals surface area contributed by atoms with Crippen molar-refractivity contribution in [2.24, 2.45) is 0 Å². The van der Waals surface area contributed by atoms with E-state index in [4.69, 9.17) is 0 Å². The van der Waals surface area contributed by atoms with E-state index in [1.807, 2.05) is 0 Å². The Labute approximate surface area is 294 Å². The summed E-state index contributed by atoms with van der Waals surface area (Å²) in [6.45, 7) is 4.75. The minimum absolute atomic E-state index is 0.132. The summed E-state index contributed by atoms with van der Waals surface area (Å²) in [7, 11) is 0. The molecule has 0 N–H and O–H groups in total. The topological polar surface area (TPSA) is 3.24 Å². The summed E-state index contributed by atoms with van der Waals surface area (Å²) in [5.74, 6) is 0. The van der Waals surface area contributed by atoms with Crippen LogP contribution in [0.1, 0.15) is 25.0 Å². The van der Waals surface area contributed by atoms with Gasteiger partial charge in [0.05, 0.1) is 0 Å². The van der Waals surface area contributed by atoms with Gasteiger partial charge in [0, 0.05) is 22.5 Å². The van der Waals surface area contributed by atoms with Crippen LogP contribution in [0.25, 0.3) is 55.3 Å². The first kappa shape index (κ1) is 29.9. The van der Waals surface area contributed by atoms with E-state index in [2.05, 4.69) is 207 Å². The van der Waals surface area contributed by atoms with E-state index in [9.17, 15) is 0 Å². The summed E-state index contributed by atoms with van der Waals surface area (Å²) >= 11 is 0. The summed E-state index contributed by atoms with van der Waals surface area (Å²) in [4.78, 5) is 2.44. The molecule has 9 rings (SSSR count). The van der Waals surface area contributed by atoms with Crippen molar-refractivity contribution < 1.29 is 0 Å². The smallest absolute Gasteiger partial charge is 0.0474 e. The molecule has 0 bridgehead atoms. The lowest BCUT2D eigenvalue weighted by Gasteiger charge is -2.30. The zero-order valence-corrected chi connectivity index (χ0v) is 28.3. The minimum Gasteiger partial charge on any atom is -0.310 e. The van der Waals surface area contributed by atoms with Gasteiger partial charge in [-0.15, -0.1) is 0 Å². The third kappa shape index (κ3) is 5.11. The fourth-order valence-corrected chi connectivity index (χ4v) is 7.97. The molecule has 0 saturated heterocycles. The van der Waals surface area contributed by atoms with Gasteiger partial charge in [-0.25, -0.2) is 0 Å². The Balaban J connectivity index is 1.28. The second-order valence-corrected chi connectivity index (χ2v) is 13.8. The molecule has 50 heavy (non-hydrogen) atoms. The monoisotopic (exact) mass is 639 g/mol. The molecule has 0 radical (unpaired) electrons. The number of nitrogens with zero attached hydrogens (tertiary/aromatic N) is 1. The highest BCUT2D eigenvalue weighted by Crippen LogP contribution is 2.54. The first-order chi connectivity index (χ1) is 24.5. The van der Waals surface area contributed by atoms with E-state index in [1.165, 1.54) is 66.4 Å². The van der Waals surface area contributed by atoms with Crippen LogP contribution in [0.3, 0.4) is 0 Å². The van der Waals surface area contributed by atoms with Crippen molar-refractivity contribution in [1.82, 2.24) is 0 Å². The average molecular weight is 640 g/mol. The van der Waals surface area contributed by atoms with Crippen LogP contribution < -0.4 is 4.90 Å². The van der Waals surface area contributed by atoms with Crippen molar-refractivity contribution in [3.05, 3.63) is 199 Å². The van der Waals surface area contributed by atoms with Gasteiger partial charge >= 0.3 is 0 Å². The van der Waals surface area contributed by atoms with Crippen LogP contribution in [-0.4, -0.2) is 0 Å². The number of hydrogen-bond donors (Lipinski definition) is 0. The molecule has 0 aliphatic heterocycles. The maximum atomic E-state index is 2.44. The number of anilines is 3. The maximum absolute atomic E-state index is 2.44. The highest BCUT2D eigenvalue weighted by molar-refractivity contribution is 5.96. The Hall–Kier alpha value is -6.18. The Kier molecular flexibility index (Phi) is 7.21. The van der Waals surface area contributed by atoms with Crippen molar-refractivity contribution >= 4 is 27.8 Å². The number of hydrogen-bond acceptors (Lipinski definition) is 1. The summed E-state index contributed by atoms with van der Waals surface area (Å²) in [6.07, 6.45) is 0. The third-order valence-electron chi connectivity index (χ3n) is 10.4. The van der Waals surface area contributed by atoms with Gasteiger partial charge in [0.15, 0.2) is 0 Å². The third-order valence-corrected chi connectivity index (χ3v) is 10.4. The van der Waals surface area contributed by atoms with Gasteiger partial charge in [-0.3, -0.25) is 0 Å². The summed E-state index contributed by atoms with van der Waals surface area (Å²) in [5.41, 5.74) is 16.0. The standard InChI is InChI=1S/C49H37N/c1-49(2)47-24-13-12-23-44(47)46-33-43(32-45(48(46)49)36-19-10-5-11-20-36)50(41-22-14-21-37(30-41)34-15-6-3-7-16-34)42-28-27-39-29-38(25-26-40(39)31-42)35-17-8-4-9-18-35/h3-33H,1-2H3. The SMILES string of the molecule is CC1(C)c2ccccc2-c2cc(N(c3cccc(-c4ccccc4)c3)c3ccc4cc(-c5ccccc5)ccc4c3)cc(-c3ccccc3)c21. The Morgan fingerprint density at radius 3 is 1.60 bits per heavy atom. The van der Waals surface area contributed by atoms with Crippen molar-refractivity contribution in [3.8, 4) is 44.5 Å². The average Bonchev–Trinajstić information content (AvgIpc) is 3.41. The fourth-order valence-electron chi connectivity index (χ4n) is 7.97. The molecule has 0 heterocycles. The minimum atomic E-state index is -0.132. The highest BCUT2D eigenvalue weighted by Gasteiger charge is 2.38. The highest BCUT2D eigenvalue weighted by atomic mass is 15.1. The van der Waals surface area contributed by atoms with E-state index >= 15 is 0 Å². The lowest BCUT2D eigenvalue weighted by atomic mass is 9.78. The van der Waals surface area contributed by atoms with Gasteiger partial charge in [-0.1, -0.05) is 159 Å². The molecule has 1 aliphatic rings. The van der Waals surface area contributed by atoms with E-state index in [0.717, 1.165) is 17.1 Å². The lowest BCUT2D eigenvalue weighted by Crippen LogP contribution is -2.17. The number of rotatable bonds is 6. The zero-order valence-electron chi connectivity index (χ0n) is 28.3. The fraction of sp³-hybridized carbons (Fsp3) is 0.0612. The van der Waals surface area contributed by atoms with Crippen LogP contribution in [0.15, 0.2) is 188 Å². The summed E-state index contributed by atoms with van der Waals surface area (Å²) in [6, 6.07) is 68.6. The summed E-state index contributed by atoms with van der Waals surface area (Å²) < 4.78 is 0. The van der Waals surface area contributed by atoms with Gasteiger partial charge in [-0.2, -0.15) is 0 Å². The molecule has 1 nitrogen and oxygen atoms in total. The molecule has 0 fully saturated rings. The van der Waals surface area contributed by atoms with Gasteiger partial charge in [0.2, 0.25) is 0 Å². The first-order valence-electron chi connectivity index (χ1n) is 17.4. The van der Waals surface area contributed by atoms with Gasteiger partial charge < -0.3 is 4.90 Å². The zero-order chi connectivity index (χ0) is 33.7. The van der Waals surface area contributed by atoms with Crippen LogP contribution in [0.2, 0.25) is 0 Å². The lowest BCUT2D eigenvalue weighted by molar-refractivity contribution is 0.662.